The van der Waals surface area contributed by atoms with Gasteiger partial charge in [0.25, 0.3) is 0 Å². The van der Waals surface area contributed by atoms with Crippen LogP contribution in [0.25, 0.3) is 0 Å². The molecule has 1 N–H and O–H groups in total. The summed E-state index contributed by atoms with van der Waals surface area (Å²) in [5.74, 6) is 6.45. The lowest BCUT2D eigenvalue weighted by Gasteiger charge is -2.65. The van der Waals surface area contributed by atoms with Gasteiger partial charge in [-0.2, -0.15) is 0 Å². The van der Waals surface area contributed by atoms with Crippen LogP contribution >= 0.6 is 0 Å². The molecule has 0 radical (unpaired) electrons. The minimum atomic E-state index is -0.0435. The molecule has 4 fully saturated rings. The molecule has 0 aromatic carbocycles. The lowest BCUT2D eigenvalue weighted by Crippen LogP contribution is -2.58. The summed E-state index contributed by atoms with van der Waals surface area (Å²) in [4.78, 5) is 0. The number of hydrogen-bond acceptors (Lipinski definition) is 1. The molecule has 4 aliphatic carbocycles. The maximum Gasteiger partial charge on any atom is 0.0545 e. The van der Waals surface area contributed by atoms with Crippen LogP contribution in [0.5, 0.6) is 0 Å². The third-order valence-electron chi connectivity index (χ3n) is 12.6. The van der Waals surface area contributed by atoms with Crippen molar-refractivity contribution < 1.29 is 5.11 Å². The quantitative estimate of drug-likeness (QED) is 0.448. The van der Waals surface area contributed by atoms with E-state index in [1.807, 2.05) is 0 Å². The first-order valence-electron chi connectivity index (χ1n) is 14.2. The summed E-state index contributed by atoms with van der Waals surface area (Å²) in [5, 5.41) is 10.5. The Morgan fingerprint density at radius 3 is 2.26 bits per heavy atom. The number of hydrogen-bond donors (Lipinski definition) is 1. The van der Waals surface area contributed by atoms with Crippen molar-refractivity contribution in [3.05, 3.63) is 0 Å². The van der Waals surface area contributed by atoms with Gasteiger partial charge in [0.1, 0.15) is 0 Å². The highest BCUT2D eigenvalue weighted by Gasteiger charge is 2.63. The first-order valence-corrected chi connectivity index (χ1v) is 14.2. The molecule has 0 spiro atoms. The van der Waals surface area contributed by atoms with E-state index in [9.17, 15) is 5.11 Å². The molecule has 0 aromatic rings. The van der Waals surface area contributed by atoms with Crippen LogP contribution in [0.2, 0.25) is 0 Å². The van der Waals surface area contributed by atoms with Crippen LogP contribution in [0, 0.1) is 57.7 Å². The fourth-order valence-corrected chi connectivity index (χ4v) is 10.3. The van der Waals surface area contributed by atoms with E-state index in [1.54, 1.807) is 0 Å². The van der Waals surface area contributed by atoms with E-state index in [-0.39, 0.29) is 6.10 Å². The Hall–Kier alpha value is -0.0400. The predicted octanol–water partition coefficient (Wildman–Crippen LogP) is 8.49. The molecule has 0 amide bonds. The smallest absolute Gasteiger partial charge is 0.0545 e. The molecular weight excluding hydrogens is 376 g/mol. The van der Waals surface area contributed by atoms with Gasteiger partial charge in [-0.05, 0) is 122 Å². The number of aliphatic hydroxyl groups is 1. The molecule has 10 unspecified atom stereocenters. The fourth-order valence-electron chi connectivity index (χ4n) is 10.3. The highest BCUT2D eigenvalue weighted by molar-refractivity contribution is 5.12. The van der Waals surface area contributed by atoms with Crippen LogP contribution in [-0.4, -0.2) is 11.2 Å². The van der Waals surface area contributed by atoms with Crippen molar-refractivity contribution >= 4 is 0 Å². The van der Waals surface area contributed by atoms with Crippen molar-refractivity contribution in [1.82, 2.24) is 0 Å². The van der Waals surface area contributed by atoms with Gasteiger partial charge in [-0.25, -0.2) is 0 Å². The van der Waals surface area contributed by atoms with Crippen LogP contribution in [0.15, 0.2) is 0 Å². The summed E-state index contributed by atoms with van der Waals surface area (Å²) in [6.45, 7) is 17.8. The molecule has 4 saturated carbocycles. The van der Waals surface area contributed by atoms with Gasteiger partial charge in [-0.15, -0.1) is 0 Å². The lowest BCUT2D eigenvalue weighted by atomic mass is 9.40. The van der Waals surface area contributed by atoms with Gasteiger partial charge < -0.3 is 5.11 Å². The third-order valence-corrected chi connectivity index (χ3v) is 12.6. The lowest BCUT2D eigenvalue weighted by molar-refractivity contribution is -0.171. The number of rotatable bonds is 6. The van der Waals surface area contributed by atoms with Crippen molar-refractivity contribution in [3.8, 4) is 0 Å². The highest BCUT2D eigenvalue weighted by Crippen LogP contribution is 2.71. The second kappa shape index (κ2) is 8.63. The predicted molar refractivity (Wildman–Crippen MR) is 133 cm³/mol. The Morgan fingerprint density at radius 2 is 1.58 bits per heavy atom. The summed E-state index contributed by atoms with van der Waals surface area (Å²) >= 11 is 0. The number of fused-ring (bicyclic) bond motifs is 5. The largest absolute Gasteiger partial charge is 0.393 e. The van der Waals surface area contributed by atoms with Crippen molar-refractivity contribution in [2.75, 3.05) is 0 Å². The molecular formula is C30H54O. The van der Waals surface area contributed by atoms with Gasteiger partial charge in [-0.1, -0.05) is 61.3 Å². The molecule has 0 aromatic heterocycles. The monoisotopic (exact) mass is 430 g/mol. The zero-order valence-corrected chi connectivity index (χ0v) is 22.1. The van der Waals surface area contributed by atoms with E-state index in [0.29, 0.717) is 16.2 Å². The van der Waals surface area contributed by atoms with E-state index < -0.39 is 0 Å². The van der Waals surface area contributed by atoms with E-state index in [0.717, 1.165) is 54.3 Å². The minimum Gasteiger partial charge on any atom is -0.393 e. The van der Waals surface area contributed by atoms with E-state index >= 15 is 0 Å². The SMILES string of the molecule is CCC(CCC(C)C1CCC2C3CCC4(C)CC(O)CCC4(C)C3CCC12C)C(C)C. The van der Waals surface area contributed by atoms with Gasteiger partial charge in [0.05, 0.1) is 6.10 Å². The van der Waals surface area contributed by atoms with E-state index in [2.05, 4.69) is 48.5 Å². The molecule has 0 aliphatic heterocycles. The van der Waals surface area contributed by atoms with Gasteiger partial charge in [0.15, 0.2) is 0 Å². The molecule has 0 bridgehead atoms. The molecule has 31 heavy (non-hydrogen) atoms. The second-order valence-corrected chi connectivity index (χ2v) is 14.0. The molecule has 4 aliphatic rings. The zero-order chi connectivity index (χ0) is 22.6. The Kier molecular flexibility index (Phi) is 6.71. The van der Waals surface area contributed by atoms with Crippen molar-refractivity contribution in [2.24, 2.45) is 57.7 Å². The van der Waals surface area contributed by atoms with Crippen molar-refractivity contribution in [1.29, 1.82) is 0 Å². The topological polar surface area (TPSA) is 20.2 Å². The first kappa shape index (κ1) is 24.1. The molecule has 180 valence electrons. The maximum absolute atomic E-state index is 10.5. The van der Waals surface area contributed by atoms with Crippen molar-refractivity contribution in [2.45, 2.75) is 132 Å². The Bertz CT molecular complexity index is 626. The third kappa shape index (κ3) is 3.85. The summed E-state index contributed by atoms with van der Waals surface area (Å²) in [6.07, 6.45) is 16.3. The summed E-state index contributed by atoms with van der Waals surface area (Å²) in [7, 11) is 0. The van der Waals surface area contributed by atoms with Gasteiger partial charge in [0.2, 0.25) is 0 Å². The molecule has 1 nitrogen and oxygen atoms in total. The molecule has 0 heterocycles. The Labute approximate surface area is 194 Å². The van der Waals surface area contributed by atoms with Crippen LogP contribution in [-0.2, 0) is 0 Å². The standard InChI is InChI=1S/C30H54O/c1-8-22(20(2)3)10-9-21(4)25-11-12-26-24-14-16-28(5)19-23(31)13-18-30(28,7)27(24)15-17-29(25,26)6/h20-27,31H,8-19H2,1-7H3. The second-order valence-electron chi connectivity index (χ2n) is 14.0. The zero-order valence-electron chi connectivity index (χ0n) is 22.1. The highest BCUT2D eigenvalue weighted by atomic mass is 16.3. The van der Waals surface area contributed by atoms with Crippen LogP contribution < -0.4 is 0 Å². The van der Waals surface area contributed by atoms with E-state index in [4.69, 9.17) is 0 Å². The fraction of sp³-hybridized carbons (Fsp3) is 1.00. The normalized spacial score (nSPS) is 49.3. The molecule has 0 saturated heterocycles. The van der Waals surface area contributed by atoms with Crippen molar-refractivity contribution in [3.63, 3.8) is 0 Å². The summed E-state index contributed by atoms with van der Waals surface area (Å²) in [6, 6.07) is 0. The minimum absolute atomic E-state index is 0.0435. The molecule has 1 heteroatoms. The van der Waals surface area contributed by atoms with Gasteiger partial charge in [-0.3, -0.25) is 0 Å². The van der Waals surface area contributed by atoms with Crippen LogP contribution in [0.1, 0.15) is 126 Å². The molecule has 4 rings (SSSR count). The molecule has 10 atom stereocenters. The Morgan fingerprint density at radius 1 is 0.839 bits per heavy atom. The number of aliphatic hydroxyl groups excluding tert-OH is 1. The van der Waals surface area contributed by atoms with Gasteiger partial charge in [0, 0.05) is 0 Å². The summed E-state index contributed by atoms with van der Waals surface area (Å²) in [5.41, 5.74) is 1.43. The maximum atomic E-state index is 10.5. The van der Waals surface area contributed by atoms with Gasteiger partial charge >= 0.3 is 0 Å². The first-order chi connectivity index (χ1) is 14.6. The average molecular weight is 431 g/mol. The summed E-state index contributed by atoms with van der Waals surface area (Å²) < 4.78 is 0. The van der Waals surface area contributed by atoms with Crippen LogP contribution in [0.4, 0.5) is 0 Å². The Balaban J connectivity index is 1.48. The average Bonchev–Trinajstić information content (AvgIpc) is 3.06. The van der Waals surface area contributed by atoms with E-state index in [1.165, 1.54) is 64.2 Å². The van der Waals surface area contributed by atoms with Crippen LogP contribution in [0.3, 0.4) is 0 Å².